The van der Waals surface area contributed by atoms with E-state index >= 15 is 0 Å². The highest BCUT2D eigenvalue weighted by molar-refractivity contribution is 5.96. The van der Waals surface area contributed by atoms with Gasteiger partial charge in [-0.05, 0) is 44.9 Å². The van der Waals surface area contributed by atoms with E-state index in [1.165, 1.54) is 12.1 Å². The zero-order chi connectivity index (χ0) is 13.3. The van der Waals surface area contributed by atoms with Gasteiger partial charge in [0.25, 0.3) is 0 Å². The second-order valence-corrected chi connectivity index (χ2v) is 4.53. The Kier molecular flexibility index (Phi) is 3.41. The van der Waals surface area contributed by atoms with E-state index in [0.717, 1.165) is 34.5 Å². The summed E-state index contributed by atoms with van der Waals surface area (Å²) in [6, 6.07) is 4.67. The monoisotopic (exact) mass is 244 g/mol. The molecule has 1 aromatic carbocycles. The van der Waals surface area contributed by atoms with Crippen molar-refractivity contribution in [2.75, 3.05) is 0 Å². The van der Waals surface area contributed by atoms with Crippen LogP contribution in [-0.2, 0) is 0 Å². The Labute approximate surface area is 107 Å². The van der Waals surface area contributed by atoms with Gasteiger partial charge in [-0.1, -0.05) is 6.92 Å². The first kappa shape index (κ1) is 12.7. The fourth-order valence-electron chi connectivity index (χ4n) is 1.85. The Morgan fingerprint density at radius 1 is 1.33 bits per heavy atom. The van der Waals surface area contributed by atoms with E-state index in [1.807, 2.05) is 20.8 Å². The van der Waals surface area contributed by atoms with Crippen LogP contribution in [0.15, 0.2) is 23.2 Å². The number of pyridine rings is 1. The summed E-state index contributed by atoms with van der Waals surface area (Å²) in [5.41, 5.74) is 4.60. The maximum absolute atomic E-state index is 13.3. The largest absolute Gasteiger partial charge is 0.257 e. The minimum absolute atomic E-state index is 0.264. The molecule has 0 N–H and O–H groups in total. The third kappa shape index (κ3) is 2.26. The Hall–Kier alpha value is -1.77. The zero-order valence-corrected chi connectivity index (χ0v) is 11.2. The summed E-state index contributed by atoms with van der Waals surface area (Å²) in [5.74, 6) is -0.264. The summed E-state index contributed by atoms with van der Waals surface area (Å²) >= 11 is 0. The standard InChI is InChI=1S/C15H17FN2/c1-5-9(2)17-15-10(3)11(4)18-14-8-12(16)6-7-13(14)15/h6-8H,5H2,1-4H3. The highest BCUT2D eigenvalue weighted by Gasteiger charge is 2.09. The number of hydrogen-bond donors (Lipinski definition) is 0. The van der Waals surface area contributed by atoms with Gasteiger partial charge < -0.3 is 0 Å². The van der Waals surface area contributed by atoms with Gasteiger partial charge in [-0.3, -0.25) is 9.98 Å². The molecule has 0 atom stereocenters. The topological polar surface area (TPSA) is 25.2 Å². The molecule has 94 valence electrons. The molecule has 0 saturated heterocycles. The lowest BCUT2D eigenvalue weighted by molar-refractivity contribution is 0.629. The lowest BCUT2D eigenvalue weighted by Crippen LogP contribution is -1.93. The van der Waals surface area contributed by atoms with E-state index in [2.05, 4.69) is 16.9 Å². The average molecular weight is 244 g/mol. The molecule has 3 heteroatoms. The second kappa shape index (κ2) is 4.84. The van der Waals surface area contributed by atoms with Crippen LogP contribution in [0.25, 0.3) is 10.9 Å². The molecule has 0 radical (unpaired) electrons. The molecular weight excluding hydrogens is 227 g/mol. The van der Waals surface area contributed by atoms with Gasteiger partial charge in [-0.25, -0.2) is 4.39 Å². The van der Waals surface area contributed by atoms with E-state index in [9.17, 15) is 4.39 Å². The summed E-state index contributed by atoms with van der Waals surface area (Å²) in [6.45, 7) is 8.02. The third-order valence-corrected chi connectivity index (χ3v) is 3.22. The number of rotatable bonds is 2. The minimum Gasteiger partial charge on any atom is -0.257 e. The maximum Gasteiger partial charge on any atom is 0.125 e. The van der Waals surface area contributed by atoms with Crippen LogP contribution < -0.4 is 0 Å². The van der Waals surface area contributed by atoms with Gasteiger partial charge in [0.15, 0.2) is 0 Å². The SMILES string of the molecule is CCC(C)=Nc1c(C)c(C)nc2cc(F)ccc12. The van der Waals surface area contributed by atoms with Gasteiger partial charge in [-0.2, -0.15) is 0 Å². The third-order valence-electron chi connectivity index (χ3n) is 3.22. The van der Waals surface area contributed by atoms with Gasteiger partial charge in [0.1, 0.15) is 5.82 Å². The highest BCUT2D eigenvalue weighted by Crippen LogP contribution is 2.31. The molecule has 0 unspecified atom stereocenters. The molecule has 0 fully saturated rings. The molecule has 2 rings (SSSR count). The lowest BCUT2D eigenvalue weighted by Gasteiger charge is -2.09. The molecule has 2 aromatic rings. The summed E-state index contributed by atoms with van der Waals surface area (Å²) < 4.78 is 13.3. The van der Waals surface area contributed by atoms with E-state index in [-0.39, 0.29) is 5.82 Å². The number of fused-ring (bicyclic) bond motifs is 1. The van der Waals surface area contributed by atoms with Crippen molar-refractivity contribution in [1.29, 1.82) is 0 Å². The molecular formula is C15H17FN2. The normalized spacial score (nSPS) is 12.2. The molecule has 0 aliphatic rings. The average Bonchev–Trinajstić information content (AvgIpc) is 2.34. The number of aliphatic imine (C=N–C) groups is 1. The van der Waals surface area contributed by atoms with Gasteiger partial charge in [0.2, 0.25) is 0 Å². The molecule has 0 amide bonds. The van der Waals surface area contributed by atoms with Crippen LogP contribution in [-0.4, -0.2) is 10.7 Å². The van der Waals surface area contributed by atoms with Crippen molar-refractivity contribution in [3.63, 3.8) is 0 Å². The highest BCUT2D eigenvalue weighted by atomic mass is 19.1. The molecule has 1 heterocycles. The van der Waals surface area contributed by atoms with Crippen molar-refractivity contribution in [1.82, 2.24) is 4.98 Å². The van der Waals surface area contributed by atoms with Crippen LogP contribution in [0.4, 0.5) is 10.1 Å². The quantitative estimate of drug-likeness (QED) is 0.714. The first-order valence-corrected chi connectivity index (χ1v) is 6.13. The Morgan fingerprint density at radius 2 is 2.06 bits per heavy atom. The smallest absolute Gasteiger partial charge is 0.125 e. The van der Waals surface area contributed by atoms with E-state index in [1.54, 1.807) is 6.07 Å². The predicted octanol–water partition coefficient (Wildman–Crippen LogP) is 4.49. The van der Waals surface area contributed by atoms with Crippen molar-refractivity contribution >= 4 is 22.3 Å². The van der Waals surface area contributed by atoms with Crippen molar-refractivity contribution in [2.24, 2.45) is 4.99 Å². The number of aryl methyl sites for hydroxylation is 1. The Bertz CT molecular complexity index is 630. The Balaban J connectivity index is 2.80. The Morgan fingerprint density at radius 3 is 2.72 bits per heavy atom. The number of benzene rings is 1. The van der Waals surface area contributed by atoms with Gasteiger partial charge in [0.05, 0.1) is 11.2 Å². The van der Waals surface area contributed by atoms with Crippen LogP contribution in [0.1, 0.15) is 31.5 Å². The maximum atomic E-state index is 13.3. The molecule has 0 spiro atoms. The molecule has 0 aliphatic carbocycles. The fourth-order valence-corrected chi connectivity index (χ4v) is 1.85. The summed E-state index contributed by atoms with van der Waals surface area (Å²) in [5, 5.41) is 0.910. The molecule has 2 nitrogen and oxygen atoms in total. The number of nitrogens with zero attached hydrogens (tertiary/aromatic N) is 2. The van der Waals surface area contributed by atoms with Gasteiger partial charge >= 0.3 is 0 Å². The molecule has 1 aromatic heterocycles. The van der Waals surface area contributed by atoms with E-state index in [0.29, 0.717) is 5.52 Å². The minimum atomic E-state index is -0.264. The fraction of sp³-hybridized carbons (Fsp3) is 0.333. The van der Waals surface area contributed by atoms with Gasteiger partial charge in [0, 0.05) is 22.9 Å². The molecule has 0 aliphatic heterocycles. The summed E-state index contributed by atoms with van der Waals surface area (Å²) in [6.07, 6.45) is 0.906. The van der Waals surface area contributed by atoms with Crippen molar-refractivity contribution in [3.05, 3.63) is 35.3 Å². The van der Waals surface area contributed by atoms with Crippen LogP contribution in [0, 0.1) is 19.7 Å². The molecule has 0 saturated carbocycles. The van der Waals surface area contributed by atoms with Crippen molar-refractivity contribution in [2.45, 2.75) is 34.1 Å². The van der Waals surface area contributed by atoms with Gasteiger partial charge in [-0.15, -0.1) is 0 Å². The number of aromatic nitrogens is 1. The second-order valence-electron chi connectivity index (χ2n) is 4.53. The first-order chi connectivity index (χ1) is 8.52. The first-order valence-electron chi connectivity index (χ1n) is 6.13. The van der Waals surface area contributed by atoms with Crippen molar-refractivity contribution < 1.29 is 4.39 Å². The van der Waals surface area contributed by atoms with E-state index in [4.69, 9.17) is 0 Å². The summed E-state index contributed by atoms with van der Waals surface area (Å²) in [4.78, 5) is 9.07. The van der Waals surface area contributed by atoms with Crippen LogP contribution in [0.3, 0.4) is 0 Å². The van der Waals surface area contributed by atoms with Crippen LogP contribution >= 0.6 is 0 Å². The zero-order valence-electron chi connectivity index (χ0n) is 11.2. The summed E-state index contributed by atoms with van der Waals surface area (Å²) in [7, 11) is 0. The van der Waals surface area contributed by atoms with Crippen molar-refractivity contribution in [3.8, 4) is 0 Å². The molecule has 18 heavy (non-hydrogen) atoms. The van der Waals surface area contributed by atoms with Crippen LogP contribution in [0.2, 0.25) is 0 Å². The van der Waals surface area contributed by atoms with Crippen LogP contribution in [0.5, 0.6) is 0 Å². The number of hydrogen-bond acceptors (Lipinski definition) is 2. The van der Waals surface area contributed by atoms with E-state index < -0.39 is 0 Å². The number of halogens is 1. The molecule has 0 bridgehead atoms. The predicted molar refractivity (Wildman–Crippen MR) is 74.2 cm³/mol. The lowest BCUT2D eigenvalue weighted by atomic mass is 10.1.